The SMILES string of the molecule is COc1ccc(CCC(Br)Cc2ccc(C)cc2)cc1. The van der Waals surface area contributed by atoms with Crippen LogP contribution in [0.15, 0.2) is 48.5 Å². The van der Waals surface area contributed by atoms with Crippen molar-refractivity contribution in [2.45, 2.75) is 31.0 Å². The summed E-state index contributed by atoms with van der Waals surface area (Å²) in [6.45, 7) is 2.12. The van der Waals surface area contributed by atoms with E-state index in [0.29, 0.717) is 4.83 Å². The number of hydrogen-bond acceptors (Lipinski definition) is 1. The lowest BCUT2D eigenvalue weighted by atomic mass is 10.0. The number of methoxy groups -OCH3 is 1. The minimum Gasteiger partial charge on any atom is -0.497 e. The Kier molecular flexibility index (Phi) is 5.66. The third kappa shape index (κ3) is 4.68. The molecule has 0 aromatic heterocycles. The smallest absolute Gasteiger partial charge is 0.118 e. The zero-order chi connectivity index (χ0) is 14.4. The summed E-state index contributed by atoms with van der Waals surface area (Å²) in [4.78, 5) is 0.521. The molecule has 20 heavy (non-hydrogen) atoms. The van der Waals surface area contributed by atoms with Gasteiger partial charge in [0.1, 0.15) is 5.75 Å². The van der Waals surface area contributed by atoms with Crippen LogP contribution in [-0.4, -0.2) is 11.9 Å². The van der Waals surface area contributed by atoms with Crippen LogP contribution >= 0.6 is 15.9 Å². The molecule has 0 aliphatic heterocycles. The Morgan fingerprint density at radius 2 is 1.55 bits per heavy atom. The van der Waals surface area contributed by atoms with Crippen molar-refractivity contribution in [3.63, 3.8) is 0 Å². The molecule has 2 aromatic carbocycles. The van der Waals surface area contributed by atoms with Gasteiger partial charge in [0.05, 0.1) is 7.11 Å². The molecular formula is C18H21BrO. The molecule has 0 radical (unpaired) electrons. The lowest BCUT2D eigenvalue weighted by molar-refractivity contribution is 0.414. The van der Waals surface area contributed by atoms with Crippen molar-refractivity contribution in [2.75, 3.05) is 7.11 Å². The van der Waals surface area contributed by atoms with Crippen LogP contribution in [0.1, 0.15) is 23.1 Å². The van der Waals surface area contributed by atoms with E-state index in [1.54, 1.807) is 7.11 Å². The quantitative estimate of drug-likeness (QED) is 0.680. The average Bonchev–Trinajstić information content (AvgIpc) is 2.48. The van der Waals surface area contributed by atoms with Gasteiger partial charge in [0, 0.05) is 4.83 Å². The Balaban J connectivity index is 1.82. The molecule has 0 spiro atoms. The molecule has 0 bridgehead atoms. The van der Waals surface area contributed by atoms with E-state index in [9.17, 15) is 0 Å². The van der Waals surface area contributed by atoms with E-state index < -0.39 is 0 Å². The molecule has 0 fully saturated rings. The lowest BCUT2D eigenvalue weighted by Crippen LogP contribution is -2.04. The first-order chi connectivity index (χ1) is 9.67. The summed E-state index contributed by atoms with van der Waals surface area (Å²) in [6, 6.07) is 17.1. The summed E-state index contributed by atoms with van der Waals surface area (Å²) in [5.41, 5.74) is 4.07. The fraction of sp³-hybridized carbons (Fsp3) is 0.333. The maximum absolute atomic E-state index is 5.17. The fourth-order valence-electron chi connectivity index (χ4n) is 2.20. The second kappa shape index (κ2) is 7.49. The van der Waals surface area contributed by atoms with Gasteiger partial charge < -0.3 is 4.74 Å². The monoisotopic (exact) mass is 332 g/mol. The molecule has 0 N–H and O–H groups in total. The second-order valence-corrected chi connectivity index (χ2v) is 6.47. The summed E-state index contributed by atoms with van der Waals surface area (Å²) in [5, 5.41) is 0. The predicted molar refractivity (Wildman–Crippen MR) is 88.9 cm³/mol. The van der Waals surface area contributed by atoms with E-state index in [0.717, 1.165) is 25.0 Å². The Labute approximate surface area is 130 Å². The van der Waals surface area contributed by atoms with E-state index in [-0.39, 0.29) is 0 Å². The number of benzene rings is 2. The highest BCUT2D eigenvalue weighted by Gasteiger charge is 2.06. The van der Waals surface area contributed by atoms with Crippen LogP contribution in [0.3, 0.4) is 0 Å². The van der Waals surface area contributed by atoms with Crippen molar-refractivity contribution in [1.82, 2.24) is 0 Å². The summed E-state index contributed by atoms with van der Waals surface area (Å²) < 4.78 is 5.17. The Morgan fingerprint density at radius 1 is 0.950 bits per heavy atom. The first-order valence-corrected chi connectivity index (χ1v) is 7.91. The molecule has 106 valence electrons. The van der Waals surface area contributed by atoms with E-state index in [1.807, 2.05) is 12.1 Å². The Morgan fingerprint density at radius 3 is 2.15 bits per heavy atom. The highest BCUT2D eigenvalue weighted by molar-refractivity contribution is 9.09. The van der Waals surface area contributed by atoms with Gasteiger partial charge in [-0.1, -0.05) is 57.9 Å². The normalized spacial score (nSPS) is 12.2. The first kappa shape index (κ1) is 15.1. The van der Waals surface area contributed by atoms with E-state index in [2.05, 4.69) is 59.3 Å². The number of ether oxygens (including phenoxy) is 1. The number of rotatable bonds is 6. The second-order valence-electron chi connectivity index (χ2n) is 5.17. The van der Waals surface area contributed by atoms with E-state index >= 15 is 0 Å². The van der Waals surface area contributed by atoms with Crippen molar-refractivity contribution in [1.29, 1.82) is 0 Å². The lowest BCUT2D eigenvalue weighted by Gasteiger charge is -2.10. The molecule has 2 heteroatoms. The van der Waals surface area contributed by atoms with Crippen molar-refractivity contribution in [2.24, 2.45) is 0 Å². The van der Waals surface area contributed by atoms with Gasteiger partial charge >= 0.3 is 0 Å². The summed E-state index contributed by atoms with van der Waals surface area (Å²) in [5.74, 6) is 0.920. The zero-order valence-corrected chi connectivity index (χ0v) is 13.7. The average molecular weight is 333 g/mol. The zero-order valence-electron chi connectivity index (χ0n) is 12.1. The first-order valence-electron chi connectivity index (χ1n) is 7.00. The van der Waals surface area contributed by atoms with Gasteiger partial charge in [0.2, 0.25) is 0 Å². The molecular weight excluding hydrogens is 312 g/mol. The summed E-state index contributed by atoms with van der Waals surface area (Å²) in [6.07, 6.45) is 3.31. The number of aryl methyl sites for hydroxylation is 2. The maximum atomic E-state index is 5.17. The summed E-state index contributed by atoms with van der Waals surface area (Å²) >= 11 is 3.79. The highest BCUT2D eigenvalue weighted by atomic mass is 79.9. The molecule has 0 aliphatic carbocycles. The molecule has 0 saturated heterocycles. The number of alkyl halides is 1. The summed E-state index contributed by atoms with van der Waals surface area (Å²) in [7, 11) is 1.70. The van der Waals surface area contributed by atoms with Gasteiger partial charge in [-0.15, -0.1) is 0 Å². The van der Waals surface area contributed by atoms with Gasteiger partial charge in [-0.2, -0.15) is 0 Å². The van der Waals surface area contributed by atoms with Crippen LogP contribution in [0, 0.1) is 6.92 Å². The van der Waals surface area contributed by atoms with Crippen LogP contribution in [0.4, 0.5) is 0 Å². The minimum atomic E-state index is 0.521. The fourth-order valence-corrected chi connectivity index (χ4v) is 2.80. The Hall–Kier alpha value is -1.28. The topological polar surface area (TPSA) is 9.23 Å². The van der Waals surface area contributed by atoms with E-state index in [1.165, 1.54) is 16.7 Å². The van der Waals surface area contributed by atoms with Gasteiger partial charge in [-0.05, 0) is 49.4 Å². The van der Waals surface area contributed by atoms with Crippen LogP contribution < -0.4 is 4.74 Å². The van der Waals surface area contributed by atoms with Crippen molar-refractivity contribution < 1.29 is 4.74 Å². The van der Waals surface area contributed by atoms with E-state index in [4.69, 9.17) is 4.74 Å². The highest BCUT2D eigenvalue weighted by Crippen LogP contribution is 2.18. The van der Waals surface area contributed by atoms with Crippen molar-refractivity contribution >= 4 is 15.9 Å². The van der Waals surface area contributed by atoms with Crippen LogP contribution in [0.5, 0.6) is 5.75 Å². The molecule has 0 amide bonds. The third-order valence-electron chi connectivity index (χ3n) is 3.48. The molecule has 1 nitrogen and oxygen atoms in total. The van der Waals surface area contributed by atoms with Crippen LogP contribution in [0.25, 0.3) is 0 Å². The van der Waals surface area contributed by atoms with Crippen LogP contribution in [-0.2, 0) is 12.8 Å². The standard InChI is InChI=1S/C18H21BrO/c1-14-3-5-16(6-4-14)13-17(19)10-7-15-8-11-18(20-2)12-9-15/h3-6,8-9,11-12,17H,7,10,13H2,1-2H3. The van der Waals surface area contributed by atoms with Gasteiger partial charge in [0.25, 0.3) is 0 Å². The van der Waals surface area contributed by atoms with Gasteiger partial charge in [-0.3, -0.25) is 0 Å². The molecule has 1 unspecified atom stereocenters. The Bertz CT molecular complexity index is 516. The maximum Gasteiger partial charge on any atom is 0.118 e. The number of halogens is 1. The largest absolute Gasteiger partial charge is 0.497 e. The van der Waals surface area contributed by atoms with Gasteiger partial charge in [0.15, 0.2) is 0 Å². The van der Waals surface area contributed by atoms with Crippen molar-refractivity contribution in [3.8, 4) is 5.75 Å². The molecule has 0 heterocycles. The van der Waals surface area contributed by atoms with Gasteiger partial charge in [-0.25, -0.2) is 0 Å². The predicted octanol–water partition coefficient (Wildman–Crippen LogP) is 4.94. The van der Waals surface area contributed by atoms with Crippen LogP contribution in [0.2, 0.25) is 0 Å². The minimum absolute atomic E-state index is 0.521. The molecule has 1 atom stereocenters. The number of hydrogen-bond donors (Lipinski definition) is 0. The molecule has 0 saturated carbocycles. The van der Waals surface area contributed by atoms with Crippen molar-refractivity contribution in [3.05, 3.63) is 65.2 Å². The molecule has 2 aromatic rings. The molecule has 0 aliphatic rings. The molecule has 2 rings (SSSR count). The third-order valence-corrected chi connectivity index (χ3v) is 4.26.